The molecule has 0 radical (unpaired) electrons. The van der Waals surface area contributed by atoms with E-state index in [1.54, 1.807) is 7.11 Å². The molecule has 1 rings (SSSR count). The SMILES string of the molecule is COC1C(C)OCC1OC=O. The molecule has 0 amide bonds. The molecular formula is C7H12O4. The van der Waals surface area contributed by atoms with Gasteiger partial charge in [-0.15, -0.1) is 0 Å². The number of ether oxygens (including phenoxy) is 3. The van der Waals surface area contributed by atoms with E-state index < -0.39 is 0 Å². The van der Waals surface area contributed by atoms with E-state index in [0.717, 1.165) is 0 Å². The topological polar surface area (TPSA) is 44.8 Å². The molecule has 0 aromatic rings. The molecule has 1 aliphatic heterocycles. The number of hydrogen-bond acceptors (Lipinski definition) is 4. The number of hydrogen-bond donors (Lipinski definition) is 0. The van der Waals surface area contributed by atoms with E-state index >= 15 is 0 Å². The van der Waals surface area contributed by atoms with Crippen molar-refractivity contribution in [2.24, 2.45) is 0 Å². The van der Waals surface area contributed by atoms with Crippen LogP contribution in [-0.4, -0.2) is 38.5 Å². The Morgan fingerprint density at radius 3 is 2.91 bits per heavy atom. The largest absolute Gasteiger partial charge is 0.459 e. The Bertz CT molecular complexity index is 136. The van der Waals surface area contributed by atoms with Crippen molar-refractivity contribution in [3.63, 3.8) is 0 Å². The predicted molar refractivity (Wildman–Crippen MR) is 37.1 cm³/mol. The highest BCUT2D eigenvalue weighted by molar-refractivity contribution is 5.37. The van der Waals surface area contributed by atoms with Crippen LogP contribution in [0.5, 0.6) is 0 Å². The van der Waals surface area contributed by atoms with Gasteiger partial charge in [0.1, 0.15) is 6.10 Å². The highest BCUT2D eigenvalue weighted by Gasteiger charge is 2.35. The third-order valence-corrected chi connectivity index (χ3v) is 1.85. The average molecular weight is 160 g/mol. The lowest BCUT2D eigenvalue weighted by atomic mass is 10.2. The van der Waals surface area contributed by atoms with E-state index in [1.807, 2.05) is 6.92 Å². The normalized spacial score (nSPS) is 37.1. The van der Waals surface area contributed by atoms with Crippen molar-refractivity contribution < 1.29 is 19.0 Å². The predicted octanol–water partition coefficient (Wildman–Crippen LogP) is -0.0383. The zero-order valence-corrected chi connectivity index (χ0v) is 6.65. The van der Waals surface area contributed by atoms with Gasteiger partial charge in [-0.25, -0.2) is 0 Å². The fraction of sp³-hybridized carbons (Fsp3) is 0.857. The molecule has 0 bridgehead atoms. The smallest absolute Gasteiger partial charge is 0.293 e. The summed E-state index contributed by atoms with van der Waals surface area (Å²) in [7, 11) is 1.58. The summed E-state index contributed by atoms with van der Waals surface area (Å²) in [4.78, 5) is 10.00. The van der Waals surface area contributed by atoms with Gasteiger partial charge in [-0.1, -0.05) is 0 Å². The maximum absolute atomic E-state index is 10.00. The van der Waals surface area contributed by atoms with Crippen molar-refractivity contribution in [2.75, 3.05) is 13.7 Å². The van der Waals surface area contributed by atoms with Gasteiger partial charge in [-0.3, -0.25) is 4.79 Å². The van der Waals surface area contributed by atoms with E-state index in [0.29, 0.717) is 13.1 Å². The zero-order valence-electron chi connectivity index (χ0n) is 6.65. The highest BCUT2D eigenvalue weighted by atomic mass is 16.6. The Morgan fingerprint density at radius 1 is 1.64 bits per heavy atom. The second-order valence-electron chi connectivity index (χ2n) is 2.51. The summed E-state index contributed by atoms with van der Waals surface area (Å²) in [6.07, 6.45) is -0.363. The van der Waals surface area contributed by atoms with Gasteiger partial charge in [-0.05, 0) is 6.92 Å². The van der Waals surface area contributed by atoms with Crippen LogP contribution in [0.25, 0.3) is 0 Å². The molecule has 3 unspecified atom stereocenters. The van der Waals surface area contributed by atoms with Gasteiger partial charge in [0.2, 0.25) is 0 Å². The van der Waals surface area contributed by atoms with Gasteiger partial charge in [-0.2, -0.15) is 0 Å². The van der Waals surface area contributed by atoms with Crippen LogP contribution < -0.4 is 0 Å². The summed E-state index contributed by atoms with van der Waals surface area (Å²) in [6.45, 7) is 2.75. The van der Waals surface area contributed by atoms with E-state index in [2.05, 4.69) is 0 Å². The van der Waals surface area contributed by atoms with Gasteiger partial charge in [0.05, 0.1) is 12.7 Å². The van der Waals surface area contributed by atoms with Crippen LogP contribution in [0.2, 0.25) is 0 Å². The molecule has 11 heavy (non-hydrogen) atoms. The molecule has 0 aliphatic carbocycles. The second-order valence-corrected chi connectivity index (χ2v) is 2.51. The molecule has 1 fully saturated rings. The molecule has 64 valence electrons. The average Bonchev–Trinajstić information content (AvgIpc) is 2.33. The van der Waals surface area contributed by atoms with Crippen LogP contribution in [0.15, 0.2) is 0 Å². The first-order chi connectivity index (χ1) is 5.29. The van der Waals surface area contributed by atoms with Crippen LogP contribution in [0, 0.1) is 0 Å². The summed E-state index contributed by atoms with van der Waals surface area (Å²) < 4.78 is 15.0. The lowest BCUT2D eigenvalue weighted by Gasteiger charge is -2.16. The molecule has 4 nitrogen and oxygen atoms in total. The maximum atomic E-state index is 10.00. The summed E-state index contributed by atoms with van der Waals surface area (Å²) >= 11 is 0. The number of rotatable bonds is 3. The maximum Gasteiger partial charge on any atom is 0.293 e. The number of carbonyl (C=O) groups is 1. The summed E-state index contributed by atoms with van der Waals surface area (Å²) in [5.41, 5.74) is 0. The van der Waals surface area contributed by atoms with Crippen LogP contribution in [-0.2, 0) is 19.0 Å². The van der Waals surface area contributed by atoms with Gasteiger partial charge in [0.15, 0.2) is 6.10 Å². The molecule has 1 heterocycles. The Kier molecular flexibility index (Phi) is 2.84. The van der Waals surface area contributed by atoms with Crippen molar-refractivity contribution >= 4 is 6.47 Å². The van der Waals surface area contributed by atoms with E-state index in [-0.39, 0.29) is 18.3 Å². The molecule has 0 aromatic carbocycles. The molecule has 3 atom stereocenters. The van der Waals surface area contributed by atoms with Crippen molar-refractivity contribution in [1.82, 2.24) is 0 Å². The molecule has 4 heteroatoms. The zero-order chi connectivity index (χ0) is 8.27. The molecule has 0 aromatic heterocycles. The number of carbonyl (C=O) groups excluding carboxylic acids is 1. The van der Waals surface area contributed by atoms with Crippen LogP contribution >= 0.6 is 0 Å². The van der Waals surface area contributed by atoms with E-state index in [1.165, 1.54) is 0 Å². The van der Waals surface area contributed by atoms with Crippen LogP contribution in [0.4, 0.5) is 0 Å². The van der Waals surface area contributed by atoms with Crippen LogP contribution in [0.3, 0.4) is 0 Å². The van der Waals surface area contributed by atoms with Crippen molar-refractivity contribution in [1.29, 1.82) is 0 Å². The van der Waals surface area contributed by atoms with Gasteiger partial charge in [0.25, 0.3) is 6.47 Å². The van der Waals surface area contributed by atoms with E-state index in [4.69, 9.17) is 14.2 Å². The lowest BCUT2D eigenvalue weighted by Crippen LogP contribution is -2.32. The minimum atomic E-state index is -0.243. The fourth-order valence-corrected chi connectivity index (χ4v) is 1.27. The minimum absolute atomic E-state index is 0.00458. The molecular weight excluding hydrogens is 148 g/mol. The van der Waals surface area contributed by atoms with Crippen molar-refractivity contribution in [2.45, 2.75) is 25.2 Å². The standard InChI is InChI=1S/C7H12O4/c1-5-7(9-2)6(3-10-5)11-4-8/h4-7H,3H2,1-2H3. The van der Waals surface area contributed by atoms with Gasteiger partial charge < -0.3 is 14.2 Å². The third-order valence-electron chi connectivity index (χ3n) is 1.85. The monoisotopic (exact) mass is 160 g/mol. The fourth-order valence-electron chi connectivity index (χ4n) is 1.27. The Hall–Kier alpha value is -0.610. The second kappa shape index (κ2) is 3.69. The van der Waals surface area contributed by atoms with Crippen molar-refractivity contribution in [3.05, 3.63) is 0 Å². The molecule has 1 saturated heterocycles. The lowest BCUT2D eigenvalue weighted by molar-refractivity contribution is -0.138. The Morgan fingerprint density at radius 2 is 2.36 bits per heavy atom. The summed E-state index contributed by atoms with van der Waals surface area (Å²) in [5, 5.41) is 0. The molecule has 0 saturated carbocycles. The minimum Gasteiger partial charge on any atom is -0.459 e. The van der Waals surface area contributed by atoms with Gasteiger partial charge in [0, 0.05) is 7.11 Å². The Balaban J connectivity index is 2.46. The number of methoxy groups -OCH3 is 1. The first-order valence-electron chi connectivity index (χ1n) is 3.53. The quantitative estimate of drug-likeness (QED) is 0.543. The summed E-state index contributed by atoms with van der Waals surface area (Å²) in [6, 6.07) is 0. The summed E-state index contributed by atoms with van der Waals surface area (Å²) in [5.74, 6) is 0. The highest BCUT2D eigenvalue weighted by Crippen LogP contribution is 2.18. The first-order valence-corrected chi connectivity index (χ1v) is 3.53. The third kappa shape index (κ3) is 1.70. The van der Waals surface area contributed by atoms with E-state index in [9.17, 15) is 4.79 Å². The Labute approximate surface area is 65.4 Å². The molecule has 0 spiro atoms. The molecule has 1 aliphatic rings. The van der Waals surface area contributed by atoms with Crippen LogP contribution in [0.1, 0.15) is 6.92 Å². The van der Waals surface area contributed by atoms with Crippen molar-refractivity contribution in [3.8, 4) is 0 Å². The molecule has 0 N–H and O–H groups in total. The van der Waals surface area contributed by atoms with Gasteiger partial charge >= 0.3 is 0 Å². The first kappa shape index (κ1) is 8.49.